The molecule has 0 radical (unpaired) electrons. The minimum Gasteiger partial charge on any atom is -0.497 e. The van der Waals surface area contributed by atoms with E-state index in [1.165, 1.54) is 0 Å². The summed E-state index contributed by atoms with van der Waals surface area (Å²) in [5, 5.41) is 11.7. The normalized spacial score (nSPS) is 18.3. The predicted molar refractivity (Wildman–Crippen MR) is 175 cm³/mol. The summed E-state index contributed by atoms with van der Waals surface area (Å²) in [4.78, 5) is 26.0. The number of fused-ring (bicyclic) bond motifs is 1. The molecule has 3 atom stereocenters. The lowest BCUT2D eigenvalue weighted by molar-refractivity contribution is -0.0930. The van der Waals surface area contributed by atoms with Gasteiger partial charge in [0.1, 0.15) is 29.4 Å². The Morgan fingerprint density at radius 2 is 1.59 bits per heavy atom. The Morgan fingerprint density at radius 1 is 0.978 bits per heavy atom. The fourth-order valence-electron chi connectivity index (χ4n) is 5.81. The van der Waals surface area contributed by atoms with Crippen LogP contribution in [-0.2, 0) is 15.1 Å². The van der Waals surface area contributed by atoms with E-state index >= 15 is 0 Å². The molecular weight excluding hydrogens is 586 g/mol. The summed E-state index contributed by atoms with van der Waals surface area (Å²) in [7, 11) is 6.92. The second-order valence-electron chi connectivity index (χ2n) is 11.3. The van der Waals surface area contributed by atoms with Crippen molar-refractivity contribution in [1.29, 1.82) is 0 Å². The SMILES string of the molecule is COc1ccc(C(OC[C@H]2O[C@@H](n3ccc4c(=O)[nH]c(/N=C/N(C)C)nc43)C[C@@H]2O)(c2ccccc2)c2ccc(OC)cc2)cc1. The standard InChI is InChI=1S/C35H37N5O6/c1-39(2)22-36-34-37-32-28(33(42)38-34)18-19-40(32)31-20-29(41)30(46-31)21-45-35(23-8-6-5-7-9-23,24-10-14-26(43-3)15-11-24)25-12-16-27(44-4)17-13-25/h5-19,22,29-31,41H,20-21H2,1-4H3,(H,37,38,42)/b36-22+/t29-,30+,31+/m0/s1. The third kappa shape index (κ3) is 6.00. The molecule has 11 heteroatoms. The first-order chi connectivity index (χ1) is 22.3. The number of aliphatic imine (C=N–C) groups is 1. The van der Waals surface area contributed by atoms with Crippen molar-refractivity contribution in [3.63, 3.8) is 0 Å². The fraction of sp³-hybridized carbons (Fsp3) is 0.286. The number of nitrogens with one attached hydrogen (secondary N) is 1. The Morgan fingerprint density at radius 3 is 2.17 bits per heavy atom. The van der Waals surface area contributed by atoms with Crippen molar-refractivity contribution >= 4 is 23.3 Å². The van der Waals surface area contributed by atoms with Crippen LogP contribution >= 0.6 is 0 Å². The minimum atomic E-state index is -1.06. The zero-order valence-electron chi connectivity index (χ0n) is 26.2. The number of aromatic nitrogens is 3. The molecule has 6 rings (SSSR count). The van der Waals surface area contributed by atoms with E-state index in [-0.39, 0.29) is 24.5 Å². The number of methoxy groups -OCH3 is 2. The summed E-state index contributed by atoms with van der Waals surface area (Å²) in [6, 6.07) is 27.2. The van der Waals surface area contributed by atoms with Crippen molar-refractivity contribution in [2.75, 3.05) is 34.9 Å². The molecular formula is C35H37N5O6. The van der Waals surface area contributed by atoms with E-state index in [1.807, 2.05) is 93.0 Å². The first kappa shape index (κ1) is 31.0. The van der Waals surface area contributed by atoms with Gasteiger partial charge in [0.15, 0.2) is 5.65 Å². The number of rotatable bonds is 11. The van der Waals surface area contributed by atoms with Crippen molar-refractivity contribution in [1.82, 2.24) is 19.4 Å². The number of aliphatic hydroxyl groups is 1. The average molecular weight is 624 g/mol. The van der Waals surface area contributed by atoms with E-state index in [0.29, 0.717) is 11.0 Å². The molecule has 0 unspecified atom stereocenters. The lowest BCUT2D eigenvalue weighted by atomic mass is 9.80. The Hall–Kier alpha value is -4.97. The van der Waals surface area contributed by atoms with Gasteiger partial charge in [0.2, 0.25) is 5.95 Å². The first-order valence-corrected chi connectivity index (χ1v) is 15.0. The molecule has 46 heavy (non-hydrogen) atoms. The van der Waals surface area contributed by atoms with E-state index in [9.17, 15) is 9.90 Å². The van der Waals surface area contributed by atoms with Gasteiger partial charge in [0.25, 0.3) is 5.56 Å². The molecule has 0 saturated carbocycles. The van der Waals surface area contributed by atoms with Gasteiger partial charge in [-0.2, -0.15) is 4.98 Å². The van der Waals surface area contributed by atoms with Gasteiger partial charge < -0.3 is 33.5 Å². The molecule has 238 valence electrons. The number of ether oxygens (including phenoxy) is 4. The molecule has 0 spiro atoms. The van der Waals surface area contributed by atoms with Crippen molar-refractivity contribution in [2.24, 2.45) is 4.99 Å². The molecule has 0 amide bonds. The minimum absolute atomic E-state index is 0.0657. The van der Waals surface area contributed by atoms with E-state index in [0.717, 1.165) is 28.2 Å². The molecule has 1 saturated heterocycles. The second-order valence-corrected chi connectivity index (χ2v) is 11.3. The maximum atomic E-state index is 12.8. The van der Waals surface area contributed by atoms with Crippen LogP contribution < -0.4 is 15.0 Å². The van der Waals surface area contributed by atoms with E-state index < -0.39 is 24.0 Å². The summed E-state index contributed by atoms with van der Waals surface area (Å²) in [5.41, 5.74) is 1.71. The molecule has 1 aliphatic heterocycles. The summed E-state index contributed by atoms with van der Waals surface area (Å²) >= 11 is 0. The molecule has 0 aliphatic carbocycles. The zero-order chi connectivity index (χ0) is 32.3. The average Bonchev–Trinajstić information content (AvgIpc) is 3.68. The van der Waals surface area contributed by atoms with Gasteiger partial charge in [-0.25, -0.2) is 4.99 Å². The van der Waals surface area contributed by atoms with Crippen molar-refractivity contribution in [3.05, 3.63) is 118 Å². The highest BCUT2D eigenvalue weighted by Gasteiger charge is 2.42. The van der Waals surface area contributed by atoms with Gasteiger partial charge in [-0.05, 0) is 47.0 Å². The third-order valence-electron chi connectivity index (χ3n) is 8.13. The van der Waals surface area contributed by atoms with Crippen LogP contribution in [-0.4, -0.2) is 78.0 Å². The van der Waals surface area contributed by atoms with Gasteiger partial charge in [0, 0.05) is 26.7 Å². The quantitative estimate of drug-likeness (QED) is 0.124. The molecule has 5 aromatic rings. The van der Waals surface area contributed by atoms with E-state index in [4.69, 9.17) is 18.9 Å². The monoisotopic (exact) mass is 623 g/mol. The Kier molecular flexibility index (Phi) is 8.89. The molecule has 3 aromatic carbocycles. The van der Waals surface area contributed by atoms with Crippen LogP contribution in [0, 0.1) is 0 Å². The summed E-state index contributed by atoms with van der Waals surface area (Å²) in [6.07, 6.45) is 1.51. The fourth-order valence-corrected chi connectivity index (χ4v) is 5.81. The Balaban J connectivity index is 1.35. The Bertz CT molecular complexity index is 1800. The van der Waals surface area contributed by atoms with Crippen LogP contribution in [0.3, 0.4) is 0 Å². The van der Waals surface area contributed by atoms with E-state index in [1.54, 1.807) is 42.3 Å². The summed E-state index contributed by atoms with van der Waals surface area (Å²) in [5.74, 6) is 1.62. The van der Waals surface area contributed by atoms with Crippen LogP contribution in [0.15, 0.2) is 101 Å². The smallest absolute Gasteiger partial charge is 0.261 e. The third-order valence-corrected chi connectivity index (χ3v) is 8.13. The van der Waals surface area contributed by atoms with E-state index in [2.05, 4.69) is 15.0 Å². The number of hydrogen-bond acceptors (Lipinski definition) is 8. The number of H-pyrrole nitrogens is 1. The maximum Gasteiger partial charge on any atom is 0.261 e. The van der Waals surface area contributed by atoms with Crippen LogP contribution in [0.4, 0.5) is 5.95 Å². The number of aromatic amines is 1. The van der Waals surface area contributed by atoms with Gasteiger partial charge in [0.05, 0.1) is 38.7 Å². The van der Waals surface area contributed by atoms with Gasteiger partial charge in [-0.3, -0.25) is 9.78 Å². The van der Waals surface area contributed by atoms with Crippen molar-refractivity contribution in [2.45, 2.75) is 30.5 Å². The first-order valence-electron chi connectivity index (χ1n) is 15.0. The molecule has 2 N–H and O–H groups in total. The topological polar surface area (TPSA) is 123 Å². The maximum absolute atomic E-state index is 12.8. The molecule has 0 bridgehead atoms. The van der Waals surface area contributed by atoms with Crippen LogP contribution in [0.1, 0.15) is 29.3 Å². The lowest BCUT2D eigenvalue weighted by Crippen LogP contribution is -2.38. The molecule has 3 heterocycles. The lowest BCUT2D eigenvalue weighted by Gasteiger charge is -2.37. The van der Waals surface area contributed by atoms with Gasteiger partial charge in [-0.15, -0.1) is 0 Å². The van der Waals surface area contributed by atoms with Crippen LogP contribution in [0.2, 0.25) is 0 Å². The van der Waals surface area contributed by atoms with Crippen LogP contribution in [0.5, 0.6) is 11.5 Å². The number of hydrogen-bond donors (Lipinski definition) is 2. The molecule has 2 aromatic heterocycles. The van der Waals surface area contributed by atoms with Crippen molar-refractivity contribution < 1.29 is 24.1 Å². The summed E-state index contributed by atoms with van der Waals surface area (Å²) < 4.78 is 26.1. The summed E-state index contributed by atoms with van der Waals surface area (Å²) in [6.45, 7) is 0.0657. The molecule has 1 fully saturated rings. The molecule has 1 aliphatic rings. The highest BCUT2D eigenvalue weighted by atomic mass is 16.6. The Labute approximate surface area is 266 Å². The van der Waals surface area contributed by atoms with Gasteiger partial charge >= 0.3 is 0 Å². The largest absolute Gasteiger partial charge is 0.497 e. The highest BCUT2D eigenvalue weighted by Crippen LogP contribution is 2.43. The zero-order valence-corrected chi connectivity index (χ0v) is 26.2. The number of benzene rings is 3. The molecule has 11 nitrogen and oxygen atoms in total. The van der Waals surface area contributed by atoms with Crippen LogP contribution in [0.25, 0.3) is 11.0 Å². The predicted octanol–water partition coefficient (Wildman–Crippen LogP) is 4.62. The number of nitrogens with zero attached hydrogens (tertiary/aromatic N) is 4. The van der Waals surface area contributed by atoms with Crippen molar-refractivity contribution in [3.8, 4) is 11.5 Å². The van der Waals surface area contributed by atoms with Gasteiger partial charge in [-0.1, -0.05) is 54.6 Å². The second kappa shape index (κ2) is 13.2. The highest BCUT2D eigenvalue weighted by molar-refractivity contribution is 5.76. The number of aliphatic hydroxyl groups excluding tert-OH is 1.